The molecule has 1 aromatic carbocycles. The summed E-state index contributed by atoms with van der Waals surface area (Å²) in [6.07, 6.45) is -1.49. The Morgan fingerprint density at radius 1 is 1.19 bits per heavy atom. The number of aromatic nitrogens is 1. The predicted octanol–water partition coefficient (Wildman–Crippen LogP) is 0.950. The number of halogens is 3. The Morgan fingerprint density at radius 2 is 1.92 bits per heavy atom. The summed E-state index contributed by atoms with van der Waals surface area (Å²) in [5.41, 5.74) is -2.25. The highest BCUT2D eigenvalue weighted by Gasteiger charge is 2.63. The van der Waals surface area contributed by atoms with Gasteiger partial charge in [0.05, 0.1) is 36.4 Å². The van der Waals surface area contributed by atoms with E-state index in [-0.39, 0.29) is 54.0 Å². The molecule has 14 heteroatoms. The second-order valence-corrected chi connectivity index (χ2v) is 9.54. The van der Waals surface area contributed by atoms with E-state index in [1.807, 2.05) is 0 Å². The average Bonchev–Trinajstić information content (AvgIpc) is 3.40. The summed E-state index contributed by atoms with van der Waals surface area (Å²) in [7, 11) is 0. The number of nitrogens with zero attached hydrogens (tertiary/aromatic N) is 3. The lowest BCUT2D eigenvalue weighted by molar-refractivity contribution is -0.151. The van der Waals surface area contributed by atoms with Gasteiger partial charge in [0.1, 0.15) is 0 Å². The number of alkyl halides is 2. The van der Waals surface area contributed by atoms with Crippen LogP contribution in [-0.4, -0.2) is 78.1 Å². The summed E-state index contributed by atoms with van der Waals surface area (Å²) in [5.74, 6) is -6.44. The number of anilines is 1. The molecule has 0 aliphatic carbocycles. The Kier molecular flexibility index (Phi) is 4.69. The van der Waals surface area contributed by atoms with E-state index in [4.69, 9.17) is 9.26 Å². The maximum atomic E-state index is 15.9. The van der Waals surface area contributed by atoms with E-state index in [2.05, 4.69) is 15.8 Å². The number of morpholine rings is 1. The minimum absolute atomic E-state index is 0.0610. The summed E-state index contributed by atoms with van der Waals surface area (Å²) < 4.78 is 54.1. The number of rotatable bonds is 1. The maximum Gasteiger partial charge on any atom is 0.328 e. The molecule has 2 N–H and O–H groups in total. The van der Waals surface area contributed by atoms with E-state index in [0.29, 0.717) is 0 Å². The smallest absolute Gasteiger partial charge is 0.328 e. The van der Waals surface area contributed by atoms with Gasteiger partial charge < -0.3 is 19.1 Å². The molecule has 4 aliphatic heterocycles. The van der Waals surface area contributed by atoms with Crippen LogP contribution < -0.4 is 15.5 Å². The zero-order chi connectivity index (χ0) is 25.6. The van der Waals surface area contributed by atoms with Crippen molar-refractivity contribution in [1.29, 1.82) is 0 Å². The van der Waals surface area contributed by atoms with Gasteiger partial charge in [-0.25, -0.2) is 18.0 Å². The van der Waals surface area contributed by atoms with Crippen molar-refractivity contribution in [3.8, 4) is 0 Å². The summed E-state index contributed by atoms with van der Waals surface area (Å²) in [6, 6.07) is -0.524. The first-order valence-corrected chi connectivity index (χ1v) is 11.4. The van der Waals surface area contributed by atoms with Crippen molar-refractivity contribution in [2.45, 2.75) is 37.8 Å². The summed E-state index contributed by atoms with van der Waals surface area (Å²) >= 11 is 0. The predicted molar refractivity (Wildman–Crippen MR) is 114 cm³/mol. The van der Waals surface area contributed by atoms with E-state index in [1.165, 1.54) is 6.07 Å². The Bertz CT molecular complexity index is 1340. The van der Waals surface area contributed by atoms with E-state index in [1.54, 1.807) is 11.8 Å². The zero-order valence-electron chi connectivity index (χ0n) is 18.9. The SMILES string of the molecule is C[C@@H]1OCCN2c3c(cc4c(C(=O)N5CCC(F)(F)C5)noc4c3F)CC3(C(=O)NC(=O)NC3=O)[C@@H]12. The number of hydrogen-bond donors (Lipinski definition) is 2. The Labute approximate surface area is 200 Å². The Balaban J connectivity index is 1.51. The number of fused-ring (bicyclic) bond motifs is 5. The molecule has 36 heavy (non-hydrogen) atoms. The van der Waals surface area contributed by atoms with Crippen LogP contribution in [0, 0.1) is 11.2 Å². The number of carbonyl (C=O) groups is 4. The van der Waals surface area contributed by atoms with Crippen molar-refractivity contribution < 1.29 is 41.6 Å². The lowest BCUT2D eigenvalue weighted by Crippen LogP contribution is -2.74. The second-order valence-electron chi connectivity index (χ2n) is 9.54. The molecule has 0 bridgehead atoms. The first kappa shape index (κ1) is 22.8. The molecule has 0 radical (unpaired) electrons. The molecule has 11 nitrogen and oxygen atoms in total. The molecule has 3 fully saturated rings. The number of ether oxygens (including phenoxy) is 1. The van der Waals surface area contributed by atoms with Gasteiger partial charge in [-0.3, -0.25) is 25.0 Å². The first-order valence-electron chi connectivity index (χ1n) is 11.4. The molecule has 3 saturated heterocycles. The number of likely N-dealkylation sites (tertiary alicyclic amines) is 1. The number of hydrogen-bond acceptors (Lipinski definition) is 8. The monoisotopic (exact) mass is 507 g/mol. The fourth-order valence-electron chi connectivity index (χ4n) is 5.88. The Hall–Kier alpha value is -3.68. The number of amides is 5. The lowest BCUT2D eigenvalue weighted by Gasteiger charge is -2.54. The van der Waals surface area contributed by atoms with Gasteiger partial charge in [0, 0.05) is 25.9 Å². The van der Waals surface area contributed by atoms with Crippen LogP contribution in [0.15, 0.2) is 10.6 Å². The number of urea groups is 1. The average molecular weight is 507 g/mol. The molecule has 2 atom stereocenters. The van der Waals surface area contributed by atoms with Crippen LogP contribution in [-0.2, 0) is 20.7 Å². The van der Waals surface area contributed by atoms with Crippen LogP contribution in [0.25, 0.3) is 11.0 Å². The number of barbiturate groups is 1. The third-order valence-electron chi connectivity index (χ3n) is 7.44. The molecule has 1 spiro atoms. The fraction of sp³-hybridized carbons (Fsp3) is 0.500. The van der Waals surface area contributed by atoms with Crippen LogP contribution in [0.5, 0.6) is 0 Å². The molecule has 0 unspecified atom stereocenters. The topological polar surface area (TPSA) is 134 Å². The van der Waals surface area contributed by atoms with E-state index >= 15 is 4.39 Å². The molecule has 0 saturated carbocycles. The highest BCUT2D eigenvalue weighted by atomic mass is 19.3. The minimum Gasteiger partial charge on any atom is -0.374 e. The fourth-order valence-corrected chi connectivity index (χ4v) is 5.88. The number of benzene rings is 1. The largest absolute Gasteiger partial charge is 0.374 e. The van der Waals surface area contributed by atoms with E-state index in [9.17, 15) is 28.0 Å². The van der Waals surface area contributed by atoms with Gasteiger partial charge in [0.25, 0.3) is 11.8 Å². The summed E-state index contributed by atoms with van der Waals surface area (Å²) in [5, 5.41) is 7.88. The quantitative estimate of drug-likeness (QED) is 0.545. The molecular weight excluding hydrogens is 487 g/mol. The lowest BCUT2D eigenvalue weighted by atomic mass is 9.66. The van der Waals surface area contributed by atoms with Gasteiger partial charge in [0.15, 0.2) is 16.9 Å². The van der Waals surface area contributed by atoms with Crippen LogP contribution in [0.2, 0.25) is 0 Å². The van der Waals surface area contributed by atoms with Crippen LogP contribution in [0.3, 0.4) is 0 Å². The molecule has 4 aliphatic rings. The van der Waals surface area contributed by atoms with Gasteiger partial charge in [-0.15, -0.1) is 0 Å². The highest BCUT2D eigenvalue weighted by molar-refractivity contribution is 6.20. The summed E-state index contributed by atoms with van der Waals surface area (Å²) in [6.45, 7) is 0.963. The molecule has 5 heterocycles. The van der Waals surface area contributed by atoms with Crippen molar-refractivity contribution in [2.24, 2.45) is 5.41 Å². The van der Waals surface area contributed by atoms with Crippen LogP contribution in [0.4, 0.5) is 23.7 Å². The van der Waals surface area contributed by atoms with Gasteiger partial charge >= 0.3 is 6.03 Å². The minimum atomic E-state index is -3.03. The van der Waals surface area contributed by atoms with Crippen molar-refractivity contribution in [3.63, 3.8) is 0 Å². The summed E-state index contributed by atoms with van der Waals surface area (Å²) in [4.78, 5) is 53.6. The van der Waals surface area contributed by atoms with Gasteiger partial charge in [-0.1, -0.05) is 5.16 Å². The molecule has 5 amide bonds. The molecule has 1 aromatic heterocycles. The van der Waals surface area contributed by atoms with Crippen LogP contribution >= 0.6 is 0 Å². The van der Waals surface area contributed by atoms with Gasteiger partial charge in [-0.05, 0) is 18.6 Å². The molecular formula is C22H20F3N5O6. The zero-order valence-corrected chi connectivity index (χ0v) is 18.9. The first-order chi connectivity index (χ1) is 17.0. The van der Waals surface area contributed by atoms with Crippen molar-refractivity contribution in [1.82, 2.24) is 20.7 Å². The highest BCUT2D eigenvalue weighted by Crippen LogP contribution is 2.48. The van der Waals surface area contributed by atoms with Crippen LogP contribution in [0.1, 0.15) is 29.4 Å². The second kappa shape index (κ2) is 7.41. The number of imide groups is 2. The van der Waals surface area contributed by atoms with Gasteiger partial charge in [0.2, 0.25) is 17.4 Å². The molecule has 190 valence electrons. The van der Waals surface area contributed by atoms with Gasteiger partial charge in [-0.2, -0.15) is 0 Å². The van der Waals surface area contributed by atoms with E-state index in [0.717, 1.165) is 4.90 Å². The molecule has 2 aromatic rings. The number of carbonyl (C=O) groups excluding carboxylic acids is 4. The third kappa shape index (κ3) is 2.99. The standard InChI is InChI=1S/C22H20F3N5O6/c1-9-16-22(18(32)26-20(34)27-19(22)33)7-10-6-11-13(17(31)29-3-2-21(24,25)8-29)28-36-15(11)12(23)14(10)30(16)4-5-35-9/h6,9,16H,2-5,7-8H2,1H3,(H2,26,27,32,33,34)/t9-,16+/m0/s1. The Morgan fingerprint density at radius 3 is 2.58 bits per heavy atom. The third-order valence-corrected chi connectivity index (χ3v) is 7.44. The normalized spacial score (nSPS) is 26.6. The van der Waals surface area contributed by atoms with Crippen molar-refractivity contribution >= 4 is 40.4 Å². The van der Waals surface area contributed by atoms with Crippen molar-refractivity contribution in [3.05, 3.63) is 23.1 Å². The molecule has 6 rings (SSSR count). The number of nitrogens with one attached hydrogen (secondary N) is 2. The van der Waals surface area contributed by atoms with Crippen molar-refractivity contribution in [2.75, 3.05) is 31.1 Å². The maximum absolute atomic E-state index is 15.9. The van der Waals surface area contributed by atoms with E-state index < -0.39 is 66.0 Å².